The van der Waals surface area contributed by atoms with Crippen molar-refractivity contribution in [1.29, 1.82) is 0 Å². The molecule has 0 heterocycles. The first-order valence-electron chi connectivity index (χ1n) is 8.31. The minimum atomic E-state index is -2.21. The van der Waals surface area contributed by atoms with E-state index in [9.17, 15) is 0 Å². The monoisotopic (exact) mass is 392 g/mol. The molecule has 0 bridgehead atoms. The van der Waals surface area contributed by atoms with Gasteiger partial charge in [0.25, 0.3) is 0 Å². The van der Waals surface area contributed by atoms with Crippen molar-refractivity contribution in [3.05, 3.63) is 0 Å². The fraction of sp³-hybridized carbons (Fsp3) is 0.750. The topological polar surface area (TPSA) is 0 Å². The van der Waals surface area contributed by atoms with E-state index < -0.39 is 47.0 Å². The Morgan fingerprint density at radius 2 is 0.524 bits per heavy atom. The third kappa shape index (κ3) is 12.2. The van der Waals surface area contributed by atoms with Crippen molar-refractivity contribution in [3.8, 4) is 0 Å². The standard InChI is InChI=1S/4C4H10Si.Ti/c4*1-5(2,3)4;/h4*1H,2-4H3;. The molecule has 0 rings (SSSR count). The Labute approximate surface area is 140 Å². The average Bonchev–Trinajstić information content (AvgIpc) is 1.83. The summed E-state index contributed by atoms with van der Waals surface area (Å²) in [5.41, 5.74) is 0. The van der Waals surface area contributed by atoms with Gasteiger partial charge >= 0.3 is 141 Å². The van der Waals surface area contributed by atoms with Crippen molar-refractivity contribution < 1.29 is 14.7 Å². The van der Waals surface area contributed by atoms with Crippen LogP contribution in [0.4, 0.5) is 0 Å². The maximum atomic E-state index is 2.95. The van der Waals surface area contributed by atoms with Gasteiger partial charge in [-0.05, 0) is 0 Å². The zero-order valence-corrected chi connectivity index (χ0v) is 22.4. The van der Waals surface area contributed by atoms with Crippen molar-refractivity contribution >= 4 is 48.0 Å². The molecule has 0 atom stereocenters. The van der Waals surface area contributed by atoms with Gasteiger partial charge in [-0.1, -0.05) is 0 Å². The fourth-order valence-corrected chi connectivity index (χ4v) is 46.4. The van der Waals surface area contributed by atoms with E-state index >= 15 is 0 Å². The second kappa shape index (κ2) is 6.90. The Morgan fingerprint density at radius 1 is 0.381 bits per heavy atom. The van der Waals surface area contributed by atoms with E-state index in [0.29, 0.717) is 0 Å². The summed E-state index contributed by atoms with van der Waals surface area (Å²) >= 11 is -2.21. The SMILES string of the molecule is C[Si](C)(C)[CH]=[Ti](=[CH][Si](C)(C)C)(=[CH][Si](C)(C)C)=[CH][Si](C)(C)C. The molecule has 0 spiro atoms. The molecule has 0 saturated heterocycles. The van der Waals surface area contributed by atoms with Gasteiger partial charge in [-0.3, -0.25) is 0 Å². The van der Waals surface area contributed by atoms with E-state index in [1.54, 1.807) is 0 Å². The zero-order chi connectivity index (χ0) is 17.3. The first-order chi connectivity index (χ1) is 8.83. The Morgan fingerprint density at radius 3 is 0.619 bits per heavy atom. The Balaban J connectivity index is 7.26. The first-order valence-corrected chi connectivity index (χ1v) is 26.2. The van der Waals surface area contributed by atoms with Crippen LogP contribution in [-0.2, 0) is 14.7 Å². The van der Waals surface area contributed by atoms with Crippen molar-refractivity contribution in [3.63, 3.8) is 0 Å². The molecule has 0 aromatic rings. The van der Waals surface area contributed by atoms with Gasteiger partial charge in [0.1, 0.15) is 0 Å². The Hall–Kier alpha value is 1.06. The van der Waals surface area contributed by atoms with Crippen LogP contribution in [0.25, 0.3) is 0 Å². The molecule has 0 saturated carbocycles. The van der Waals surface area contributed by atoms with E-state index in [2.05, 4.69) is 94.3 Å². The molecule has 0 N–H and O–H groups in total. The summed E-state index contributed by atoms with van der Waals surface area (Å²) in [6.45, 7) is 30.3. The molecule has 21 heavy (non-hydrogen) atoms. The summed E-state index contributed by atoms with van der Waals surface area (Å²) in [5.74, 6) is 0. The van der Waals surface area contributed by atoms with Crippen molar-refractivity contribution in [2.24, 2.45) is 0 Å². The van der Waals surface area contributed by atoms with E-state index in [0.717, 1.165) is 0 Å². The molecular formula is C16H40Si4Ti. The molecule has 0 nitrogen and oxygen atoms in total. The van der Waals surface area contributed by atoms with Gasteiger partial charge in [0, 0.05) is 0 Å². The normalized spacial score (nSPS) is 13.1. The van der Waals surface area contributed by atoms with Crippen molar-refractivity contribution in [2.75, 3.05) is 0 Å². The third-order valence-electron chi connectivity index (χ3n) is 2.73. The molecule has 0 radical (unpaired) electrons. The summed E-state index contributed by atoms with van der Waals surface area (Å²) < 4.78 is 11.8. The van der Waals surface area contributed by atoms with Crippen LogP contribution in [0.1, 0.15) is 0 Å². The van der Waals surface area contributed by atoms with Gasteiger partial charge < -0.3 is 0 Å². The molecule has 0 aromatic carbocycles. The van der Waals surface area contributed by atoms with E-state index in [4.69, 9.17) is 0 Å². The van der Waals surface area contributed by atoms with Gasteiger partial charge in [0.05, 0.1) is 0 Å². The molecule has 0 amide bonds. The van der Waals surface area contributed by atoms with Gasteiger partial charge in [0.15, 0.2) is 0 Å². The maximum absolute atomic E-state index is 2.95. The number of rotatable bonds is 4. The third-order valence-corrected chi connectivity index (χ3v) is 33.8. The van der Waals surface area contributed by atoms with Crippen LogP contribution in [0.5, 0.6) is 0 Å². The molecule has 0 aliphatic carbocycles. The van der Waals surface area contributed by atoms with Crippen LogP contribution in [0.3, 0.4) is 0 Å². The van der Waals surface area contributed by atoms with E-state index in [1.807, 2.05) is 0 Å². The predicted molar refractivity (Wildman–Crippen MR) is 118 cm³/mol. The minimum absolute atomic E-state index is 1.16. The number of hydrogen-bond acceptors (Lipinski definition) is 0. The van der Waals surface area contributed by atoms with Crippen LogP contribution in [0.2, 0.25) is 78.6 Å². The fourth-order valence-electron chi connectivity index (χ4n) is 3.25. The van der Waals surface area contributed by atoms with Crippen molar-refractivity contribution in [2.45, 2.75) is 78.6 Å². The quantitative estimate of drug-likeness (QED) is 0.599. The van der Waals surface area contributed by atoms with Gasteiger partial charge in [-0.25, -0.2) is 0 Å². The average molecular weight is 393 g/mol. The van der Waals surface area contributed by atoms with Gasteiger partial charge in [-0.2, -0.15) is 0 Å². The van der Waals surface area contributed by atoms with Gasteiger partial charge in [0.2, 0.25) is 0 Å². The van der Waals surface area contributed by atoms with Gasteiger partial charge in [-0.15, -0.1) is 0 Å². The summed E-state index contributed by atoms with van der Waals surface area (Å²) in [5, 5.41) is 0. The number of hydrogen-bond donors (Lipinski definition) is 0. The van der Waals surface area contributed by atoms with Crippen molar-refractivity contribution in [1.82, 2.24) is 0 Å². The molecule has 0 unspecified atom stereocenters. The molecular weight excluding hydrogens is 352 g/mol. The molecule has 0 aromatic heterocycles. The van der Waals surface area contributed by atoms with Crippen LogP contribution >= 0.6 is 0 Å². The van der Waals surface area contributed by atoms with E-state index in [1.165, 1.54) is 0 Å². The molecule has 124 valence electrons. The molecule has 0 aliphatic heterocycles. The summed E-state index contributed by atoms with van der Waals surface area (Å²) in [6.07, 6.45) is 0. The molecule has 5 heteroatoms. The molecule has 0 fully saturated rings. The Kier molecular flexibility index (Phi) is 7.24. The summed E-state index contributed by atoms with van der Waals surface area (Å²) in [6, 6.07) is 0. The zero-order valence-electron chi connectivity index (χ0n) is 16.8. The predicted octanol–water partition coefficient (Wildman–Crippen LogP) is 4.86. The first kappa shape index (κ1) is 22.1. The summed E-state index contributed by atoms with van der Waals surface area (Å²) in [7, 11) is -4.64. The Bertz CT molecular complexity index is 501. The van der Waals surface area contributed by atoms with Crippen LogP contribution < -0.4 is 0 Å². The molecule has 0 aliphatic rings. The summed E-state index contributed by atoms with van der Waals surface area (Å²) in [4.78, 5) is 0. The van der Waals surface area contributed by atoms with E-state index in [-0.39, 0.29) is 0 Å². The second-order valence-electron chi connectivity index (χ2n) is 11.0. The van der Waals surface area contributed by atoms with Crippen LogP contribution in [0.15, 0.2) is 0 Å². The second-order valence-corrected chi connectivity index (χ2v) is 39.7. The van der Waals surface area contributed by atoms with Crippen LogP contribution in [0, 0.1) is 0 Å². The van der Waals surface area contributed by atoms with Crippen LogP contribution in [-0.4, -0.2) is 48.0 Å².